The van der Waals surface area contributed by atoms with Crippen LogP contribution in [0.25, 0.3) is 0 Å². The molecule has 0 spiro atoms. The number of rotatable bonds is 7. The molecule has 0 aromatic carbocycles. The summed E-state index contributed by atoms with van der Waals surface area (Å²) in [6.07, 6.45) is 1.33. The van der Waals surface area contributed by atoms with Crippen molar-refractivity contribution in [2.24, 2.45) is 0 Å². The molecule has 0 aliphatic heterocycles. The Bertz CT molecular complexity index is 223. The molecule has 1 aliphatic rings. The summed E-state index contributed by atoms with van der Waals surface area (Å²) in [5, 5.41) is 6.09. The van der Waals surface area contributed by atoms with E-state index in [1.54, 1.807) is 7.11 Å². The molecule has 0 aromatic rings. The maximum atomic E-state index is 10.6. The molecule has 2 N–H and O–H groups in total. The Hall–Kier alpha value is -0.650. The summed E-state index contributed by atoms with van der Waals surface area (Å²) in [7, 11) is 1.71. The lowest BCUT2D eigenvalue weighted by molar-refractivity contribution is -0.131. The number of nitrogens with one attached hydrogen (secondary N) is 2. The fraction of sp³-hybridized carbons (Fsp3) is 0.909. The average Bonchev–Trinajstić information content (AvgIpc) is 2.21. The SMILES string of the molecule is CCOC1CC(NCCNC(C)=O)C1OC. The number of hydrogen-bond acceptors (Lipinski definition) is 4. The molecule has 5 nitrogen and oxygen atoms in total. The van der Waals surface area contributed by atoms with Crippen LogP contribution in [0.1, 0.15) is 20.3 Å². The molecule has 16 heavy (non-hydrogen) atoms. The summed E-state index contributed by atoms with van der Waals surface area (Å²) in [6, 6.07) is 0.343. The van der Waals surface area contributed by atoms with Gasteiger partial charge >= 0.3 is 0 Å². The third kappa shape index (κ3) is 3.73. The second kappa shape index (κ2) is 6.83. The zero-order valence-corrected chi connectivity index (χ0v) is 10.3. The molecule has 1 rings (SSSR count). The summed E-state index contributed by atoms with van der Waals surface area (Å²) in [5.74, 6) is 0.00546. The number of ether oxygens (including phenoxy) is 2. The number of amides is 1. The fourth-order valence-corrected chi connectivity index (χ4v) is 1.97. The van der Waals surface area contributed by atoms with Gasteiger partial charge in [-0.2, -0.15) is 0 Å². The lowest BCUT2D eigenvalue weighted by atomic mass is 9.85. The molecule has 1 fully saturated rings. The molecule has 0 radical (unpaired) electrons. The van der Waals surface area contributed by atoms with Crippen molar-refractivity contribution < 1.29 is 14.3 Å². The van der Waals surface area contributed by atoms with Crippen LogP contribution in [0.3, 0.4) is 0 Å². The van der Waals surface area contributed by atoms with Gasteiger partial charge in [-0.1, -0.05) is 0 Å². The normalized spacial score (nSPS) is 28.6. The molecular formula is C11H22N2O3. The van der Waals surface area contributed by atoms with Gasteiger partial charge in [0.25, 0.3) is 0 Å². The van der Waals surface area contributed by atoms with Crippen LogP contribution in [0.4, 0.5) is 0 Å². The van der Waals surface area contributed by atoms with Crippen molar-refractivity contribution in [2.45, 2.75) is 38.5 Å². The van der Waals surface area contributed by atoms with Crippen molar-refractivity contribution in [3.05, 3.63) is 0 Å². The summed E-state index contributed by atoms with van der Waals surface area (Å²) >= 11 is 0. The first kappa shape index (κ1) is 13.4. The van der Waals surface area contributed by atoms with Gasteiger partial charge < -0.3 is 20.1 Å². The average molecular weight is 230 g/mol. The molecule has 0 heterocycles. The maximum absolute atomic E-state index is 10.6. The molecule has 3 atom stereocenters. The highest BCUT2D eigenvalue weighted by Crippen LogP contribution is 2.26. The highest BCUT2D eigenvalue weighted by molar-refractivity contribution is 5.72. The quantitative estimate of drug-likeness (QED) is 0.600. The molecule has 1 saturated carbocycles. The predicted molar refractivity (Wildman–Crippen MR) is 61.3 cm³/mol. The molecule has 0 bridgehead atoms. The molecule has 0 saturated heterocycles. The molecule has 94 valence electrons. The minimum absolute atomic E-state index is 0.00546. The van der Waals surface area contributed by atoms with Crippen molar-refractivity contribution in [3.63, 3.8) is 0 Å². The van der Waals surface area contributed by atoms with Gasteiger partial charge in [-0.3, -0.25) is 4.79 Å². The number of methoxy groups -OCH3 is 1. The van der Waals surface area contributed by atoms with Crippen LogP contribution in [0, 0.1) is 0 Å². The van der Waals surface area contributed by atoms with E-state index in [1.807, 2.05) is 6.92 Å². The first-order chi connectivity index (χ1) is 7.69. The van der Waals surface area contributed by atoms with E-state index in [-0.39, 0.29) is 18.1 Å². The highest BCUT2D eigenvalue weighted by atomic mass is 16.5. The summed E-state index contributed by atoms with van der Waals surface area (Å²) < 4.78 is 10.9. The van der Waals surface area contributed by atoms with E-state index in [0.29, 0.717) is 12.6 Å². The van der Waals surface area contributed by atoms with Crippen LogP contribution in [-0.2, 0) is 14.3 Å². The Morgan fingerprint density at radius 2 is 2.19 bits per heavy atom. The zero-order chi connectivity index (χ0) is 12.0. The number of hydrogen-bond donors (Lipinski definition) is 2. The molecule has 1 amide bonds. The highest BCUT2D eigenvalue weighted by Gasteiger charge is 2.41. The molecule has 5 heteroatoms. The fourth-order valence-electron chi connectivity index (χ4n) is 1.97. The third-order valence-corrected chi connectivity index (χ3v) is 2.81. The van der Waals surface area contributed by atoms with Crippen LogP contribution in [0.15, 0.2) is 0 Å². The van der Waals surface area contributed by atoms with Crippen molar-refractivity contribution in [3.8, 4) is 0 Å². The Morgan fingerprint density at radius 3 is 2.75 bits per heavy atom. The Morgan fingerprint density at radius 1 is 1.44 bits per heavy atom. The van der Waals surface area contributed by atoms with Gasteiger partial charge in [0.15, 0.2) is 0 Å². The second-order valence-electron chi connectivity index (χ2n) is 3.97. The molecule has 3 unspecified atom stereocenters. The first-order valence-electron chi connectivity index (χ1n) is 5.81. The minimum Gasteiger partial charge on any atom is -0.377 e. The smallest absolute Gasteiger partial charge is 0.216 e. The van der Waals surface area contributed by atoms with Crippen molar-refractivity contribution in [2.75, 3.05) is 26.8 Å². The van der Waals surface area contributed by atoms with Crippen molar-refractivity contribution in [1.29, 1.82) is 0 Å². The van der Waals surface area contributed by atoms with Gasteiger partial charge in [0, 0.05) is 39.8 Å². The van der Waals surface area contributed by atoms with E-state index in [1.165, 1.54) is 6.92 Å². The van der Waals surface area contributed by atoms with E-state index >= 15 is 0 Å². The zero-order valence-electron chi connectivity index (χ0n) is 10.3. The first-order valence-corrected chi connectivity index (χ1v) is 5.81. The van der Waals surface area contributed by atoms with Crippen LogP contribution < -0.4 is 10.6 Å². The van der Waals surface area contributed by atoms with E-state index in [0.717, 1.165) is 19.6 Å². The maximum Gasteiger partial charge on any atom is 0.216 e. The standard InChI is InChI=1S/C11H22N2O3/c1-4-16-10-7-9(11(10)15-3)13-6-5-12-8(2)14/h9-11,13H,4-7H2,1-3H3,(H,12,14). The van der Waals surface area contributed by atoms with E-state index in [9.17, 15) is 4.79 Å². The molecule has 0 aromatic heterocycles. The predicted octanol–water partition coefficient (Wildman–Crippen LogP) is -0.0955. The van der Waals surface area contributed by atoms with Crippen LogP contribution in [-0.4, -0.2) is 51.0 Å². The lowest BCUT2D eigenvalue weighted by Crippen LogP contribution is -2.60. The van der Waals surface area contributed by atoms with E-state index in [2.05, 4.69) is 10.6 Å². The lowest BCUT2D eigenvalue weighted by Gasteiger charge is -2.43. The third-order valence-electron chi connectivity index (χ3n) is 2.81. The van der Waals surface area contributed by atoms with Gasteiger partial charge in [-0.25, -0.2) is 0 Å². The monoisotopic (exact) mass is 230 g/mol. The number of carbonyl (C=O) groups excluding carboxylic acids is 1. The van der Waals surface area contributed by atoms with Crippen molar-refractivity contribution >= 4 is 5.91 Å². The van der Waals surface area contributed by atoms with Crippen LogP contribution in [0.2, 0.25) is 0 Å². The van der Waals surface area contributed by atoms with Gasteiger partial charge in [0.05, 0.1) is 12.2 Å². The Labute approximate surface area is 96.9 Å². The summed E-state index contributed by atoms with van der Waals surface area (Å²) in [6.45, 7) is 5.66. The van der Waals surface area contributed by atoms with Crippen molar-refractivity contribution in [1.82, 2.24) is 10.6 Å². The largest absolute Gasteiger partial charge is 0.377 e. The minimum atomic E-state index is 0.00546. The van der Waals surface area contributed by atoms with Crippen LogP contribution in [0.5, 0.6) is 0 Å². The van der Waals surface area contributed by atoms with Gasteiger partial charge in [0.1, 0.15) is 0 Å². The Balaban J connectivity index is 2.12. The summed E-state index contributed by atoms with van der Waals surface area (Å²) in [4.78, 5) is 10.6. The Kier molecular flexibility index (Phi) is 5.73. The molecular weight excluding hydrogens is 208 g/mol. The second-order valence-corrected chi connectivity index (χ2v) is 3.97. The molecule has 1 aliphatic carbocycles. The number of carbonyl (C=O) groups is 1. The van der Waals surface area contributed by atoms with Gasteiger partial charge in [-0.05, 0) is 13.3 Å². The van der Waals surface area contributed by atoms with E-state index in [4.69, 9.17) is 9.47 Å². The van der Waals surface area contributed by atoms with Gasteiger partial charge in [-0.15, -0.1) is 0 Å². The van der Waals surface area contributed by atoms with E-state index < -0.39 is 0 Å². The topological polar surface area (TPSA) is 59.6 Å². The van der Waals surface area contributed by atoms with Gasteiger partial charge in [0.2, 0.25) is 5.91 Å². The van der Waals surface area contributed by atoms with Crippen LogP contribution >= 0.6 is 0 Å². The summed E-state index contributed by atoms with van der Waals surface area (Å²) in [5.41, 5.74) is 0.